The maximum absolute atomic E-state index is 13.8. The van der Waals surface area contributed by atoms with E-state index in [2.05, 4.69) is 26.0 Å². The molecule has 0 radical (unpaired) electrons. The maximum atomic E-state index is 13.8. The Morgan fingerprint density at radius 2 is 2.12 bits per heavy atom. The van der Waals surface area contributed by atoms with Gasteiger partial charge in [-0.1, -0.05) is 6.92 Å². The zero-order valence-electron chi connectivity index (χ0n) is 13.7. The molecule has 1 aromatic carbocycles. The van der Waals surface area contributed by atoms with Gasteiger partial charge in [0.25, 0.3) is 0 Å². The van der Waals surface area contributed by atoms with Crippen molar-refractivity contribution in [1.82, 2.24) is 14.8 Å². The van der Waals surface area contributed by atoms with Crippen molar-refractivity contribution >= 4 is 21.7 Å². The summed E-state index contributed by atoms with van der Waals surface area (Å²) in [4.78, 5) is 4.14. The molecule has 0 saturated heterocycles. The summed E-state index contributed by atoms with van der Waals surface area (Å²) >= 11 is 3.40. The third-order valence-corrected chi connectivity index (χ3v) is 4.62. The summed E-state index contributed by atoms with van der Waals surface area (Å²) < 4.78 is 16.1. The number of nitrogens with zero attached hydrogens (tertiary/aromatic N) is 3. The van der Waals surface area contributed by atoms with Crippen LogP contribution in [0.2, 0.25) is 0 Å². The lowest BCUT2D eigenvalue weighted by Gasteiger charge is -2.17. The van der Waals surface area contributed by atoms with Crippen LogP contribution in [0.3, 0.4) is 0 Å². The zero-order chi connectivity index (χ0) is 18.0. The second kappa shape index (κ2) is 7.23. The summed E-state index contributed by atoms with van der Waals surface area (Å²) in [5.41, 5.74) is 8.31. The second-order valence-corrected chi connectivity index (χ2v) is 6.86. The number of pyridine rings is 1. The van der Waals surface area contributed by atoms with Gasteiger partial charge in [0.05, 0.1) is 11.9 Å². The first-order chi connectivity index (χ1) is 12.0. The number of rotatable bonds is 5. The van der Waals surface area contributed by atoms with Crippen LogP contribution in [0.5, 0.6) is 5.88 Å². The van der Waals surface area contributed by atoms with Gasteiger partial charge in [0.15, 0.2) is 0 Å². The lowest BCUT2D eigenvalue weighted by atomic mass is 9.92. The van der Waals surface area contributed by atoms with Crippen LogP contribution in [0.4, 0.5) is 10.2 Å². The Bertz CT molecular complexity index is 897. The minimum atomic E-state index is -0.319. The van der Waals surface area contributed by atoms with Crippen molar-refractivity contribution in [3.63, 3.8) is 0 Å². The fourth-order valence-corrected chi connectivity index (χ4v) is 3.19. The fourth-order valence-electron chi connectivity index (χ4n) is 2.81. The molecule has 3 rings (SSSR count). The number of hydrogen-bond donors (Lipinski definition) is 2. The van der Waals surface area contributed by atoms with Crippen LogP contribution in [0.15, 0.2) is 47.2 Å². The molecule has 2 heterocycles. The number of aromatic hydroxyl groups is 1. The normalized spacial score (nSPS) is 12.3. The highest BCUT2D eigenvalue weighted by Crippen LogP contribution is 2.30. The lowest BCUT2D eigenvalue weighted by Crippen LogP contribution is -2.07. The molecule has 0 aliphatic rings. The van der Waals surface area contributed by atoms with Gasteiger partial charge in [-0.2, -0.15) is 5.10 Å². The Kier molecular flexibility index (Phi) is 5.03. The van der Waals surface area contributed by atoms with Gasteiger partial charge >= 0.3 is 0 Å². The molecule has 2 aromatic heterocycles. The van der Waals surface area contributed by atoms with Gasteiger partial charge < -0.3 is 10.8 Å². The predicted octanol–water partition coefficient (Wildman–Crippen LogP) is 4.19. The first kappa shape index (κ1) is 17.4. The van der Waals surface area contributed by atoms with Crippen LogP contribution in [0.25, 0.3) is 5.69 Å². The monoisotopic (exact) mass is 404 g/mol. The van der Waals surface area contributed by atoms with E-state index in [4.69, 9.17) is 5.73 Å². The number of nitrogens with two attached hydrogens (primary N) is 1. The highest BCUT2D eigenvalue weighted by molar-refractivity contribution is 9.10. The molecule has 0 aliphatic carbocycles. The standard InChI is InChI=1S/C18H18BrFN4O/c1-11(2-3-12-8-13(19)10-22-18(12)21)15-9-14(20)4-5-16(15)24-17(25)6-7-23-24/h4-11,25H,2-3H2,1H3,(H2,21,22)/t11-/m0/s1. The molecule has 130 valence electrons. The summed E-state index contributed by atoms with van der Waals surface area (Å²) in [6, 6.07) is 7.92. The van der Waals surface area contributed by atoms with Crippen molar-refractivity contribution in [3.05, 3.63) is 64.1 Å². The number of aromatic nitrogens is 3. The SMILES string of the molecule is C[C@@H](CCc1cc(Br)cnc1N)c1cc(F)ccc1-n1nccc1O. The molecule has 3 aromatic rings. The average molecular weight is 405 g/mol. The number of anilines is 1. The highest BCUT2D eigenvalue weighted by Gasteiger charge is 2.16. The Balaban J connectivity index is 1.87. The Morgan fingerprint density at radius 3 is 2.84 bits per heavy atom. The summed E-state index contributed by atoms with van der Waals surface area (Å²) in [5.74, 6) is 0.230. The zero-order valence-corrected chi connectivity index (χ0v) is 15.2. The van der Waals surface area contributed by atoms with E-state index in [1.807, 2.05) is 13.0 Å². The summed E-state index contributed by atoms with van der Waals surface area (Å²) in [7, 11) is 0. The first-order valence-corrected chi connectivity index (χ1v) is 8.67. The van der Waals surface area contributed by atoms with Crippen LogP contribution in [-0.4, -0.2) is 19.9 Å². The molecule has 5 nitrogen and oxygen atoms in total. The third-order valence-electron chi connectivity index (χ3n) is 4.19. The smallest absolute Gasteiger partial charge is 0.214 e. The third kappa shape index (κ3) is 3.82. The quantitative estimate of drug-likeness (QED) is 0.667. The molecule has 0 saturated carbocycles. The summed E-state index contributed by atoms with van der Waals surface area (Å²) in [6.45, 7) is 2.01. The molecule has 0 aliphatic heterocycles. The van der Waals surface area contributed by atoms with Crippen LogP contribution >= 0.6 is 15.9 Å². The number of hydrogen-bond acceptors (Lipinski definition) is 4. The van der Waals surface area contributed by atoms with Gasteiger partial charge in [0, 0.05) is 16.7 Å². The van der Waals surface area contributed by atoms with Crippen molar-refractivity contribution in [3.8, 4) is 11.6 Å². The molecular formula is C18H18BrFN4O. The minimum absolute atomic E-state index is 0.0143. The van der Waals surface area contributed by atoms with Gasteiger partial charge in [-0.05, 0) is 70.1 Å². The van der Waals surface area contributed by atoms with Crippen LogP contribution in [0.1, 0.15) is 30.4 Å². The maximum Gasteiger partial charge on any atom is 0.214 e. The van der Waals surface area contributed by atoms with E-state index in [0.29, 0.717) is 17.9 Å². The first-order valence-electron chi connectivity index (χ1n) is 7.88. The van der Waals surface area contributed by atoms with Crippen molar-refractivity contribution < 1.29 is 9.50 Å². The van der Waals surface area contributed by atoms with Crippen LogP contribution < -0.4 is 5.73 Å². The Labute approximate surface area is 153 Å². The van der Waals surface area contributed by atoms with E-state index >= 15 is 0 Å². The van der Waals surface area contributed by atoms with Gasteiger partial charge in [-0.25, -0.2) is 14.1 Å². The van der Waals surface area contributed by atoms with Crippen molar-refractivity contribution in [2.24, 2.45) is 0 Å². The molecular weight excluding hydrogens is 387 g/mol. The summed E-state index contributed by atoms with van der Waals surface area (Å²) in [5, 5.41) is 14.0. The van der Waals surface area contributed by atoms with Crippen LogP contribution in [0, 0.1) is 5.82 Å². The number of aryl methyl sites for hydroxylation is 1. The number of nitrogen functional groups attached to an aromatic ring is 1. The van der Waals surface area contributed by atoms with Gasteiger partial charge in [0.1, 0.15) is 11.6 Å². The van der Waals surface area contributed by atoms with E-state index in [-0.39, 0.29) is 17.6 Å². The fraction of sp³-hybridized carbons (Fsp3) is 0.222. The number of benzene rings is 1. The van der Waals surface area contributed by atoms with E-state index in [0.717, 1.165) is 22.0 Å². The van der Waals surface area contributed by atoms with Crippen LogP contribution in [-0.2, 0) is 6.42 Å². The second-order valence-electron chi connectivity index (χ2n) is 5.94. The van der Waals surface area contributed by atoms with Crippen molar-refractivity contribution in [1.29, 1.82) is 0 Å². The van der Waals surface area contributed by atoms with E-state index in [1.54, 1.807) is 12.3 Å². The van der Waals surface area contributed by atoms with Gasteiger partial charge in [0.2, 0.25) is 5.88 Å². The lowest BCUT2D eigenvalue weighted by molar-refractivity contribution is 0.432. The summed E-state index contributed by atoms with van der Waals surface area (Å²) in [6.07, 6.45) is 4.62. The van der Waals surface area contributed by atoms with Crippen molar-refractivity contribution in [2.45, 2.75) is 25.7 Å². The molecule has 0 bridgehead atoms. The topological polar surface area (TPSA) is 77.0 Å². The molecule has 0 spiro atoms. The molecule has 0 unspecified atom stereocenters. The molecule has 0 fully saturated rings. The minimum Gasteiger partial charge on any atom is -0.493 e. The average Bonchev–Trinajstić information content (AvgIpc) is 3.01. The van der Waals surface area contributed by atoms with E-state index in [1.165, 1.54) is 29.1 Å². The molecule has 7 heteroatoms. The number of halogens is 2. The van der Waals surface area contributed by atoms with Crippen molar-refractivity contribution in [2.75, 3.05) is 5.73 Å². The Hall–Kier alpha value is -2.41. The highest BCUT2D eigenvalue weighted by atomic mass is 79.9. The van der Waals surface area contributed by atoms with Gasteiger partial charge in [-0.15, -0.1) is 0 Å². The Morgan fingerprint density at radius 1 is 1.32 bits per heavy atom. The predicted molar refractivity (Wildman–Crippen MR) is 98.3 cm³/mol. The van der Waals surface area contributed by atoms with Gasteiger partial charge in [-0.3, -0.25) is 0 Å². The van der Waals surface area contributed by atoms with E-state index in [9.17, 15) is 9.50 Å². The molecule has 3 N–H and O–H groups in total. The molecule has 1 atom stereocenters. The molecule has 0 amide bonds. The largest absolute Gasteiger partial charge is 0.493 e. The van der Waals surface area contributed by atoms with E-state index < -0.39 is 0 Å². The molecule has 25 heavy (non-hydrogen) atoms.